The van der Waals surface area contributed by atoms with Crippen molar-refractivity contribution in [1.29, 1.82) is 0 Å². The van der Waals surface area contributed by atoms with Crippen LogP contribution in [0.2, 0.25) is 0 Å². The molecular formula is C12H18N2O. The Bertz CT molecular complexity index is 322. The summed E-state index contributed by atoms with van der Waals surface area (Å²) in [6.45, 7) is 3.70. The Morgan fingerprint density at radius 1 is 1.27 bits per heavy atom. The average molecular weight is 206 g/mol. The Labute approximate surface area is 90.9 Å². The molecule has 15 heavy (non-hydrogen) atoms. The lowest BCUT2D eigenvalue weighted by Crippen LogP contribution is -2.40. The molecule has 2 N–H and O–H groups in total. The van der Waals surface area contributed by atoms with E-state index in [2.05, 4.69) is 0 Å². The smallest absolute Gasteiger partial charge is 0.239 e. The summed E-state index contributed by atoms with van der Waals surface area (Å²) >= 11 is 0. The van der Waals surface area contributed by atoms with Crippen LogP contribution in [0.4, 0.5) is 0 Å². The maximum absolute atomic E-state index is 11.7. The third-order valence-corrected chi connectivity index (χ3v) is 2.60. The number of nitrogens with zero attached hydrogens (tertiary/aromatic N) is 1. The number of carbonyl (C=O) groups excluding carboxylic acids is 1. The molecule has 0 radical (unpaired) electrons. The predicted molar refractivity (Wildman–Crippen MR) is 61.3 cm³/mol. The van der Waals surface area contributed by atoms with Crippen molar-refractivity contribution >= 4 is 5.91 Å². The van der Waals surface area contributed by atoms with Crippen LogP contribution in [-0.4, -0.2) is 23.9 Å². The number of likely N-dealkylation sites (N-methyl/N-ethyl adjacent to an activating group) is 1. The van der Waals surface area contributed by atoms with Crippen LogP contribution in [0.1, 0.15) is 25.5 Å². The molecule has 82 valence electrons. The molecule has 0 aliphatic rings. The largest absolute Gasteiger partial charge is 0.338 e. The molecule has 0 fully saturated rings. The Balaban J connectivity index is 2.77. The standard InChI is InChI=1S/C12H18N2O/c1-9(13)12(15)14(3)10(2)11-7-5-4-6-8-11/h4-10H,13H2,1-3H3/t9-,10-/m0/s1. The third-order valence-electron chi connectivity index (χ3n) is 2.60. The molecule has 1 amide bonds. The van der Waals surface area contributed by atoms with Gasteiger partial charge in [0.05, 0.1) is 12.1 Å². The van der Waals surface area contributed by atoms with E-state index >= 15 is 0 Å². The minimum atomic E-state index is -0.443. The predicted octanol–water partition coefficient (Wildman–Crippen LogP) is 1.55. The SMILES string of the molecule is C[C@H](N)C(=O)N(C)[C@@H](C)c1ccccc1. The molecule has 0 aliphatic carbocycles. The van der Waals surface area contributed by atoms with Gasteiger partial charge in [0.2, 0.25) is 5.91 Å². The Morgan fingerprint density at radius 3 is 2.27 bits per heavy atom. The van der Waals surface area contributed by atoms with Gasteiger partial charge in [0.15, 0.2) is 0 Å². The molecule has 0 aromatic heterocycles. The second-order valence-corrected chi connectivity index (χ2v) is 3.82. The van der Waals surface area contributed by atoms with Gasteiger partial charge >= 0.3 is 0 Å². The molecular weight excluding hydrogens is 188 g/mol. The molecule has 0 spiro atoms. The zero-order chi connectivity index (χ0) is 11.4. The summed E-state index contributed by atoms with van der Waals surface area (Å²) in [5.41, 5.74) is 6.68. The van der Waals surface area contributed by atoms with Crippen molar-refractivity contribution in [3.05, 3.63) is 35.9 Å². The number of carbonyl (C=O) groups is 1. The minimum absolute atomic E-state index is 0.0358. The first kappa shape index (κ1) is 11.7. The number of hydrogen-bond acceptors (Lipinski definition) is 2. The summed E-state index contributed by atoms with van der Waals surface area (Å²) in [7, 11) is 1.78. The number of nitrogens with two attached hydrogens (primary N) is 1. The highest BCUT2D eigenvalue weighted by atomic mass is 16.2. The molecule has 0 saturated heterocycles. The second-order valence-electron chi connectivity index (χ2n) is 3.82. The molecule has 0 heterocycles. The Hall–Kier alpha value is -1.35. The lowest BCUT2D eigenvalue weighted by molar-refractivity contribution is -0.132. The lowest BCUT2D eigenvalue weighted by atomic mass is 10.1. The highest BCUT2D eigenvalue weighted by molar-refractivity contribution is 5.81. The van der Waals surface area contributed by atoms with Gasteiger partial charge < -0.3 is 10.6 Å². The Kier molecular flexibility index (Phi) is 3.86. The zero-order valence-electron chi connectivity index (χ0n) is 9.47. The van der Waals surface area contributed by atoms with E-state index in [-0.39, 0.29) is 11.9 Å². The maximum atomic E-state index is 11.7. The van der Waals surface area contributed by atoms with Gasteiger partial charge in [-0.1, -0.05) is 30.3 Å². The Morgan fingerprint density at radius 2 is 1.80 bits per heavy atom. The van der Waals surface area contributed by atoms with E-state index < -0.39 is 6.04 Å². The van der Waals surface area contributed by atoms with Gasteiger partial charge in [0.1, 0.15) is 0 Å². The lowest BCUT2D eigenvalue weighted by Gasteiger charge is -2.26. The van der Waals surface area contributed by atoms with Crippen molar-refractivity contribution in [3.63, 3.8) is 0 Å². The first-order valence-electron chi connectivity index (χ1n) is 5.11. The van der Waals surface area contributed by atoms with Gasteiger partial charge in [-0.2, -0.15) is 0 Å². The molecule has 1 aromatic carbocycles. The summed E-state index contributed by atoms with van der Waals surface area (Å²) in [5, 5.41) is 0. The van der Waals surface area contributed by atoms with Crippen LogP contribution in [0.25, 0.3) is 0 Å². The van der Waals surface area contributed by atoms with Gasteiger partial charge in [-0.25, -0.2) is 0 Å². The summed E-state index contributed by atoms with van der Waals surface area (Å²) in [4.78, 5) is 13.3. The molecule has 1 aromatic rings. The highest BCUT2D eigenvalue weighted by Gasteiger charge is 2.19. The van der Waals surface area contributed by atoms with Crippen molar-refractivity contribution in [2.45, 2.75) is 25.9 Å². The van der Waals surface area contributed by atoms with Gasteiger partial charge in [-0.05, 0) is 19.4 Å². The topological polar surface area (TPSA) is 46.3 Å². The van der Waals surface area contributed by atoms with Gasteiger partial charge in [0.25, 0.3) is 0 Å². The van der Waals surface area contributed by atoms with E-state index in [0.29, 0.717) is 0 Å². The summed E-state index contributed by atoms with van der Waals surface area (Å²) < 4.78 is 0. The van der Waals surface area contributed by atoms with Gasteiger partial charge in [-0.15, -0.1) is 0 Å². The highest BCUT2D eigenvalue weighted by Crippen LogP contribution is 2.18. The molecule has 0 bridgehead atoms. The van der Waals surface area contributed by atoms with E-state index in [9.17, 15) is 4.79 Å². The summed E-state index contributed by atoms with van der Waals surface area (Å²) in [5.74, 6) is -0.0358. The minimum Gasteiger partial charge on any atom is -0.338 e. The van der Waals surface area contributed by atoms with Crippen molar-refractivity contribution in [3.8, 4) is 0 Å². The summed E-state index contributed by atoms with van der Waals surface area (Å²) in [6, 6.07) is 9.53. The molecule has 1 rings (SSSR count). The number of benzene rings is 1. The van der Waals surface area contributed by atoms with Crippen LogP contribution in [-0.2, 0) is 4.79 Å². The van der Waals surface area contributed by atoms with Gasteiger partial charge in [-0.3, -0.25) is 4.79 Å². The van der Waals surface area contributed by atoms with E-state index in [1.165, 1.54) is 0 Å². The van der Waals surface area contributed by atoms with Crippen LogP contribution >= 0.6 is 0 Å². The number of hydrogen-bond donors (Lipinski definition) is 1. The van der Waals surface area contributed by atoms with Crippen LogP contribution in [0.15, 0.2) is 30.3 Å². The summed E-state index contributed by atoms with van der Waals surface area (Å²) in [6.07, 6.45) is 0. The van der Waals surface area contributed by atoms with E-state index in [1.54, 1.807) is 18.9 Å². The van der Waals surface area contributed by atoms with E-state index in [4.69, 9.17) is 5.73 Å². The molecule has 2 atom stereocenters. The molecule has 3 nitrogen and oxygen atoms in total. The molecule has 3 heteroatoms. The average Bonchev–Trinajstić information content (AvgIpc) is 2.27. The monoisotopic (exact) mass is 206 g/mol. The van der Waals surface area contributed by atoms with E-state index in [0.717, 1.165) is 5.56 Å². The van der Waals surface area contributed by atoms with Crippen molar-refractivity contribution < 1.29 is 4.79 Å². The van der Waals surface area contributed by atoms with Crippen molar-refractivity contribution in [2.75, 3.05) is 7.05 Å². The number of amides is 1. The van der Waals surface area contributed by atoms with Crippen LogP contribution in [0, 0.1) is 0 Å². The van der Waals surface area contributed by atoms with Crippen LogP contribution < -0.4 is 5.73 Å². The first-order chi connectivity index (χ1) is 7.04. The fourth-order valence-corrected chi connectivity index (χ4v) is 1.47. The fourth-order valence-electron chi connectivity index (χ4n) is 1.47. The normalized spacial score (nSPS) is 14.4. The van der Waals surface area contributed by atoms with Crippen molar-refractivity contribution in [2.24, 2.45) is 5.73 Å². The third kappa shape index (κ3) is 2.80. The van der Waals surface area contributed by atoms with Crippen LogP contribution in [0.5, 0.6) is 0 Å². The second kappa shape index (κ2) is 4.94. The maximum Gasteiger partial charge on any atom is 0.239 e. The van der Waals surface area contributed by atoms with Crippen LogP contribution in [0.3, 0.4) is 0 Å². The van der Waals surface area contributed by atoms with Crippen molar-refractivity contribution in [1.82, 2.24) is 4.90 Å². The number of rotatable bonds is 3. The quantitative estimate of drug-likeness (QED) is 0.815. The molecule has 0 saturated carbocycles. The fraction of sp³-hybridized carbons (Fsp3) is 0.417. The van der Waals surface area contributed by atoms with E-state index in [1.807, 2.05) is 37.3 Å². The zero-order valence-corrected chi connectivity index (χ0v) is 9.47. The molecule has 0 unspecified atom stereocenters. The molecule has 0 aliphatic heterocycles. The van der Waals surface area contributed by atoms with Gasteiger partial charge in [0, 0.05) is 7.05 Å². The first-order valence-corrected chi connectivity index (χ1v) is 5.11.